The van der Waals surface area contributed by atoms with Gasteiger partial charge in [0.25, 0.3) is 0 Å². The minimum absolute atomic E-state index is 0.126. The first-order valence-electron chi connectivity index (χ1n) is 7.49. The van der Waals surface area contributed by atoms with Crippen molar-refractivity contribution in [2.75, 3.05) is 13.2 Å². The van der Waals surface area contributed by atoms with E-state index in [1.807, 2.05) is 6.08 Å². The largest absolute Gasteiger partial charge is 0.349 e. The Balaban J connectivity index is 1.72. The van der Waals surface area contributed by atoms with Crippen LogP contribution >= 0.6 is 0 Å². The lowest BCUT2D eigenvalue weighted by molar-refractivity contribution is -0.311. The summed E-state index contributed by atoms with van der Waals surface area (Å²) in [5.74, 6) is 0.423. The summed E-state index contributed by atoms with van der Waals surface area (Å²) in [6, 6.07) is 0. The standard InChI is InChI=1S/C16H24O3/c1-15(2)10-18-16(19-11-15)7-6-12-8-14(17)5-3-4-13(12)9-16/h8,13H,3-7,9-11H2,1-2H3. The summed E-state index contributed by atoms with van der Waals surface area (Å²) in [7, 11) is 0. The Morgan fingerprint density at radius 1 is 1.21 bits per heavy atom. The molecule has 1 heterocycles. The van der Waals surface area contributed by atoms with Crippen LogP contribution < -0.4 is 0 Å². The van der Waals surface area contributed by atoms with Crippen molar-refractivity contribution >= 4 is 5.78 Å². The molecule has 0 aromatic carbocycles. The summed E-state index contributed by atoms with van der Waals surface area (Å²) in [4.78, 5) is 11.7. The average Bonchev–Trinajstić information content (AvgIpc) is 2.54. The van der Waals surface area contributed by atoms with Crippen molar-refractivity contribution in [3.05, 3.63) is 11.6 Å². The van der Waals surface area contributed by atoms with Gasteiger partial charge in [-0.1, -0.05) is 19.4 Å². The molecular formula is C16H24O3. The van der Waals surface area contributed by atoms with Crippen LogP contribution in [0.25, 0.3) is 0 Å². The smallest absolute Gasteiger partial charge is 0.169 e. The summed E-state index contributed by atoms with van der Waals surface area (Å²) >= 11 is 0. The van der Waals surface area contributed by atoms with Crippen LogP contribution in [0.5, 0.6) is 0 Å². The number of ether oxygens (including phenoxy) is 2. The second-order valence-electron chi connectivity index (χ2n) is 7.13. The Labute approximate surface area is 115 Å². The first kappa shape index (κ1) is 13.3. The number of rotatable bonds is 0. The molecule has 0 radical (unpaired) electrons. The molecule has 0 amide bonds. The van der Waals surface area contributed by atoms with Crippen molar-refractivity contribution in [3.8, 4) is 0 Å². The predicted molar refractivity (Wildman–Crippen MR) is 72.7 cm³/mol. The van der Waals surface area contributed by atoms with Crippen molar-refractivity contribution in [3.63, 3.8) is 0 Å². The van der Waals surface area contributed by atoms with Crippen molar-refractivity contribution in [2.45, 2.75) is 58.2 Å². The van der Waals surface area contributed by atoms with E-state index in [0.29, 0.717) is 18.1 Å². The fourth-order valence-electron chi connectivity index (χ4n) is 3.43. The number of carbonyl (C=O) groups is 1. The fourth-order valence-corrected chi connectivity index (χ4v) is 3.43. The maximum Gasteiger partial charge on any atom is 0.169 e. The van der Waals surface area contributed by atoms with Gasteiger partial charge in [0.1, 0.15) is 0 Å². The number of allylic oxidation sites excluding steroid dienone is 2. The lowest BCUT2D eigenvalue weighted by Gasteiger charge is -2.47. The molecule has 1 saturated heterocycles. The second-order valence-corrected chi connectivity index (χ2v) is 7.13. The third-order valence-corrected chi connectivity index (χ3v) is 4.65. The molecule has 0 aromatic rings. The number of fused-ring (bicyclic) bond motifs is 1. The molecule has 3 aliphatic rings. The third-order valence-electron chi connectivity index (χ3n) is 4.65. The normalized spacial score (nSPS) is 33.5. The molecule has 3 heteroatoms. The Kier molecular flexibility index (Phi) is 3.30. The number of hydrogen-bond donors (Lipinski definition) is 0. The summed E-state index contributed by atoms with van der Waals surface area (Å²) < 4.78 is 12.2. The van der Waals surface area contributed by atoms with Crippen LogP contribution in [0.15, 0.2) is 11.6 Å². The van der Waals surface area contributed by atoms with Crippen LogP contribution in [-0.4, -0.2) is 24.8 Å². The van der Waals surface area contributed by atoms with E-state index in [0.717, 1.165) is 45.3 Å². The van der Waals surface area contributed by atoms with Gasteiger partial charge in [-0.2, -0.15) is 0 Å². The summed E-state index contributed by atoms with van der Waals surface area (Å²) in [5, 5.41) is 0. The number of carbonyl (C=O) groups excluding carboxylic acids is 1. The maximum absolute atomic E-state index is 11.7. The topological polar surface area (TPSA) is 35.5 Å². The first-order valence-corrected chi connectivity index (χ1v) is 7.49. The van der Waals surface area contributed by atoms with Crippen molar-refractivity contribution in [1.29, 1.82) is 0 Å². The van der Waals surface area contributed by atoms with Crippen molar-refractivity contribution in [2.24, 2.45) is 11.3 Å². The van der Waals surface area contributed by atoms with Crippen molar-refractivity contribution in [1.82, 2.24) is 0 Å². The minimum atomic E-state index is -0.370. The first-order chi connectivity index (χ1) is 8.98. The van der Waals surface area contributed by atoms with Crippen LogP contribution in [0.1, 0.15) is 52.4 Å². The van der Waals surface area contributed by atoms with Gasteiger partial charge in [-0.25, -0.2) is 0 Å². The molecule has 19 heavy (non-hydrogen) atoms. The van der Waals surface area contributed by atoms with Gasteiger partial charge in [-0.05, 0) is 31.3 Å². The van der Waals surface area contributed by atoms with E-state index >= 15 is 0 Å². The lowest BCUT2D eigenvalue weighted by Crippen LogP contribution is -2.50. The minimum Gasteiger partial charge on any atom is -0.349 e. The second kappa shape index (κ2) is 4.71. The molecule has 3 rings (SSSR count). The number of ketones is 1. The lowest BCUT2D eigenvalue weighted by atomic mass is 9.78. The quantitative estimate of drug-likeness (QED) is 0.674. The van der Waals surface area contributed by atoms with Gasteiger partial charge in [0.15, 0.2) is 11.6 Å². The van der Waals surface area contributed by atoms with E-state index in [4.69, 9.17) is 9.47 Å². The third kappa shape index (κ3) is 2.77. The molecule has 2 fully saturated rings. The van der Waals surface area contributed by atoms with Gasteiger partial charge in [-0.3, -0.25) is 4.79 Å². The van der Waals surface area contributed by atoms with E-state index < -0.39 is 0 Å². The fraction of sp³-hybridized carbons (Fsp3) is 0.812. The molecule has 0 aromatic heterocycles. The van der Waals surface area contributed by atoms with Gasteiger partial charge in [0.2, 0.25) is 0 Å². The van der Waals surface area contributed by atoms with Crippen LogP contribution in [0.2, 0.25) is 0 Å². The molecule has 2 aliphatic carbocycles. The number of hydrogen-bond acceptors (Lipinski definition) is 3. The molecule has 1 atom stereocenters. The monoisotopic (exact) mass is 264 g/mol. The summed E-state index contributed by atoms with van der Waals surface area (Å²) in [5.41, 5.74) is 1.46. The van der Waals surface area contributed by atoms with Crippen molar-refractivity contribution < 1.29 is 14.3 Å². The van der Waals surface area contributed by atoms with Crippen LogP contribution in [-0.2, 0) is 14.3 Å². The van der Waals surface area contributed by atoms with Gasteiger partial charge in [0.05, 0.1) is 13.2 Å². The maximum atomic E-state index is 11.7. The van der Waals surface area contributed by atoms with E-state index in [1.165, 1.54) is 5.57 Å². The zero-order valence-electron chi connectivity index (χ0n) is 12.0. The highest BCUT2D eigenvalue weighted by molar-refractivity contribution is 5.90. The molecule has 1 spiro atoms. The molecule has 1 unspecified atom stereocenters. The highest BCUT2D eigenvalue weighted by Gasteiger charge is 2.45. The Morgan fingerprint density at radius 3 is 2.68 bits per heavy atom. The zero-order chi connectivity index (χ0) is 13.5. The Hall–Kier alpha value is -0.670. The van der Waals surface area contributed by atoms with E-state index in [1.54, 1.807) is 0 Å². The van der Waals surface area contributed by atoms with Gasteiger partial charge in [-0.15, -0.1) is 0 Å². The zero-order valence-corrected chi connectivity index (χ0v) is 12.0. The van der Waals surface area contributed by atoms with Gasteiger partial charge in [0, 0.05) is 24.7 Å². The van der Waals surface area contributed by atoms with Crippen LogP contribution in [0.4, 0.5) is 0 Å². The highest BCUT2D eigenvalue weighted by Crippen LogP contribution is 2.45. The average molecular weight is 264 g/mol. The Morgan fingerprint density at radius 2 is 1.95 bits per heavy atom. The SMILES string of the molecule is CC1(C)COC2(CCC3=CC(=O)CCCC3C2)OC1. The summed E-state index contributed by atoms with van der Waals surface area (Å²) in [6.07, 6.45) is 7.51. The predicted octanol–water partition coefficient (Wildman–Crippen LogP) is 3.24. The molecular weight excluding hydrogens is 240 g/mol. The van der Waals surface area contributed by atoms with Gasteiger partial charge >= 0.3 is 0 Å². The van der Waals surface area contributed by atoms with E-state index in [-0.39, 0.29) is 11.2 Å². The van der Waals surface area contributed by atoms with E-state index in [2.05, 4.69) is 13.8 Å². The molecule has 0 bridgehead atoms. The molecule has 3 nitrogen and oxygen atoms in total. The molecule has 1 saturated carbocycles. The molecule has 1 aliphatic heterocycles. The molecule has 106 valence electrons. The highest BCUT2D eigenvalue weighted by atomic mass is 16.7. The van der Waals surface area contributed by atoms with Crippen LogP contribution in [0.3, 0.4) is 0 Å². The van der Waals surface area contributed by atoms with E-state index in [9.17, 15) is 4.79 Å². The Bertz CT molecular complexity index is 398. The summed E-state index contributed by atoms with van der Waals surface area (Å²) in [6.45, 7) is 5.91. The van der Waals surface area contributed by atoms with Gasteiger partial charge < -0.3 is 9.47 Å². The van der Waals surface area contributed by atoms with Crippen LogP contribution in [0, 0.1) is 11.3 Å². The molecule has 0 N–H and O–H groups in total.